The fourth-order valence-corrected chi connectivity index (χ4v) is 1.84. The zero-order valence-electron chi connectivity index (χ0n) is 13.1. The van der Waals surface area contributed by atoms with Crippen LogP contribution in [0.1, 0.15) is 47.5 Å². The zero-order valence-corrected chi connectivity index (χ0v) is 13.1. The van der Waals surface area contributed by atoms with Gasteiger partial charge in [-0.15, -0.1) is 0 Å². The van der Waals surface area contributed by atoms with E-state index in [1.807, 2.05) is 13.8 Å². The first-order valence-corrected chi connectivity index (χ1v) is 7.04. The van der Waals surface area contributed by atoms with E-state index >= 15 is 0 Å². The maximum absolute atomic E-state index is 12.0. The molecule has 0 saturated carbocycles. The lowest BCUT2D eigenvalue weighted by Gasteiger charge is -2.29. The molecule has 0 aliphatic carbocycles. The van der Waals surface area contributed by atoms with Gasteiger partial charge in [-0.25, -0.2) is 0 Å². The van der Waals surface area contributed by atoms with Crippen LogP contribution in [0.3, 0.4) is 0 Å². The molecule has 2 atom stereocenters. The third kappa shape index (κ3) is 5.60. The SMILES string of the molecule is CCOC(=O)CC(CC(C)(C#N)C(C)C)C(=O)OCC. The van der Waals surface area contributed by atoms with Gasteiger partial charge in [-0.2, -0.15) is 5.26 Å². The van der Waals surface area contributed by atoms with E-state index in [4.69, 9.17) is 9.47 Å². The molecule has 0 heterocycles. The molecule has 0 aromatic carbocycles. The van der Waals surface area contributed by atoms with Gasteiger partial charge in [-0.3, -0.25) is 9.59 Å². The van der Waals surface area contributed by atoms with Crippen molar-refractivity contribution in [3.63, 3.8) is 0 Å². The number of carbonyl (C=O) groups is 2. The predicted molar refractivity (Wildman–Crippen MR) is 74.5 cm³/mol. The first kappa shape index (κ1) is 18.4. The average molecular weight is 283 g/mol. The molecule has 5 heteroatoms. The van der Waals surface area contributed by atoms with Gasteiger partial charge in [0.25, 0.3) is 0 Å². The van der Waals surface area contributed by atoms with E-state index in [1.54, 1.807) is 20.8 Å². The summed E-state index contributed by atoms with van der Waals surface area (Å²) < 4.78 is 9.88. The molecular formula is C15H25NO4. The number of esters is 2. The van der Waals surface area contributed by atoms with Gasteiger partial charge in [0, 0.05) is 0 Å². The van der Waals surface area contributed by atoms with Gasteiger partial charge in [0.05, 0.1) is 37.0 Å². The molecule has 0 aliphatic rings. The predicted octanol–water partition coefficient (Wildman–Crippen LogP) is 2.69. The van der Waals surface area contributed by atoms with Gasteiger partial charge in [0.15, 0.2) is 0 Å². The Balaban J connectivity index is 4.99. The molecular weight excluding hydrogens is 258 g/mol. The van der Waals surface area contributed by atoms with Crippen molar-refractivity contribution in [2.24, 2.45) is 17.3 Å². The third-order valence-electron chi connectivity index (χ3n) is 3.54. The Kier molecular flexibility index (Phi) is 7.90. The van der Waals surface area contributed by atoms with Crippen LogP contribution in [-0.2, 0) is 19.1 Å². The summed E-state index contributed by atoms with van der Waals surface area (Å²) in [5.74, 6) is -1.44. The highest BCUT2D eigenvalue weighted by Crippen LogP contribution is 2.35. The fraction of sp³-hybridized carbons (Fsp3) is 0.800. The number of nitriles is 1. The second kappa shape index (κ2) is 8.57. The van der Waals surface area contributed by atoms with Crippen molar-refractivity contribution in [1.29, 1.82) is 5.26 Å². The van der Waals surface area contributed by atoms with Gasteiger partial charge in [0.2, 0.25) is 0 Å². The minimum atomic E-state index is -0.677. The molecule has 2 unspecified atom stereocenters. The lowest BCUT2D eigenvalue weighted by Crippen LogP contribution is -2.31. The molecule has 0 spiro atoms. The number of hydrogen-bond acceptors (Lipinski definition) is 5. The van der Waals surface area contributed by atoms with E-state index in [9.17, 15) is 14.9 Å². The normalized spacial score (nSPS) is 15.1. The topological polar surface area (TPSA) is 76.4 Å². The number of carbonyl (C=O) groups excluding carboxylic acids is 2. The van der Waals surface area contributed by atoms with Crippen molar-refractivity contribution in [2.45, 2.75) is 47.5 Å². The molecule has 114 valence electrons. The van der Waals surface area contributed by atoms with E-state index < -0.39 is 23.3 Å². The van der Waals surface area contributed by atoms with Crippen LogP contribution in [0.15, 0.2) is 0 Å². The van der Waals surface area contributed by atoms with E-state index in [0.717, 1.165) is 0 Å². The summed E-state index contributed by atoms with van der Waals surface area (Å²) in [6, 6.07) is 2.25. The highest BCUT2D eigenvalue weighted by Gasteiger charge is 2.36. The van der Waals surface area contributed by atoms with Crippen molar-refractivity contribution in [3.05, 3.63) is 0 Å². The van der Waals surface area contributed by atoms with Gasteiger partial charge in [-0.1, -0.05) is 13.8 Å². The summed E-state index contributed by atoms with van der Waals surface area (Å²) in [4.78, 5) is 23.6. The Morgan fingerprint density at radius 3 is 2.15 bits per heavy atom. The average Bonchev–Trinajstić information content (AvgIpc) is 2.38. The van der Waals surface area contributed by atoms with Crippen molar-refractivity contribution in [3.8, 4) is 6.07 Å². The Bertz CT molecular complexity index is 373. The molecule has 0 rings (SSSR count). The zero-order chi connectivity index (χ0) is 15.8. The standard InChI is InChI=1S/C15H25NO4/c1-6-19-13(17)8-12(14(18)20-7-2)9-15(5,10-16)11(3)4/h11-12H,6-9H2,1-5H3. The fourth-order valence-electron chi connectivity index (χ4n) is 1.84. The van der Waals surface area contributed by atoms with Crippen LogP contribution in [0.2, 0.25) is 0 Å². The van der Waals surface area contributed by atoms with Crippen molar-refractivity contribution in [1.82, 2.24) is 0 Å². The van der Waals surface area contributed by atoms with E-state index in [0.29, 0.717) is 6.42 Å². The van der Waals surface area contributed by atoms with Gasteiger partial charge < -0.3 is 9.47 Å². The second-order valence-corrected chi connectivity index (χ2v) is 5.35. The summed E-state index contributed by atoms with van der Waals surface area (Å²) in [5, 5.41) is 9.34. The van der Waals surface area contributed by atoms with Crippen molar-refractivity contribution >= 4 is 11.9 Å². The van der Waals surface area contributed by atoms with Crippen LogP contribution in [0.5, 0.6) is 0 Å². The summed E-state index contributed by atoms with van der Waals surface area (Å²) in [5.41, 5.74) is -0.677. The Morgan fingerprint density at radius 1 is 1.20 bits per heavy atom. The lowest BCUT2D eigenvalue weighted by molar-refractivity contribution is -0.155. The minimum Gasteiger partial charge on any atom is -0.466 e. The van der Waals surface area contributed by atoms with Crippen molar-refractivity contribution < 1.29 is 19.1 Å². The maximum Gasteiger partial charge on any atom is 0.309 e. The number of rotatable bonds is 8. The summed E-state index contributed by atoms with van der Waals surface area (Å²) >= 11 is 0. The molecule has 0 saturated heterocycles. The smallest absolute Gasteiger partial charge is 0.309 e. The molecule has 0 aromatic rings. The molecule has 0 N–H and O–H groups in total. The monoisotopic (exact) mass is 283 g/mol. The first-order chi connectivity index (χ1) is 9.30. The van der Waals surface area contributed by atoms with Crippen LogP contribution in [0.25, 0.3) is 0 Å². The molecule has 20 heavy (non-hydrogen) atoms. The Hall–Kier alpha value is -1.57. The maximum atomic E-state index is 12.0. The molecule has 0 aliphatic heterocycles. The van der Waals surface area contributed by atoms with E-state index in [1.165, 1.54) is 0 Å². The van der Waals surface area contributed by atoms with E-state index in [-0.39, 0.29) is 25.6 Å². The van der Waals surface area contributed by atoms with Crippen LogP contribution in [0, 0.1) is 28.6 Å². The lowest BCUT2D eigenvalue weighted by atomic mass is 9.73. The number of nitrogens with zero attached hydrogens (tertiary/aromatic N) is 1. The van der Waals surface area contributed by atoms with Crippen LogP contribution in [0.4, 0.5) is 0 Å². The van der Waals surface area contributed by atoms with E-state index in [2.05, 4.69) is 6.07 Å². The minimum absolute atomic E-state index is 0.0450. The molecule has 5 nitrogen and oxygen atoms in total. The first-order valence-electron chi connectivity index (χ1n) is 7.04. The van der Waals surface area contributed by atoms with Gasteiger partial charge in [-0.05, 0) is 33.1 Å². The van der Waals surface area contributed by atoms with Gasteiger partial charge >= 0.3 is 11.9 Å². The Labute approximate surface area is 121 Å². The van der Waals surface area contributed by atoms with Gasteiger partial charge in [0.1, 0.15) is 0 Å². The number of ether oxygens (including phenoxy) is 2. The molecule has 0 radical (unpaired) electrons. The van der Waals surface area contributed by atoms with Crippen molar-refractivity contribution in [2.75, 3.05) is 13.2 Å². The summed E-state index contributed by atoms with van der Waals surface area (Å²) in [7, 11) is 0. The largest absolute Gasteiger partial charge is 0.466 e. The highest BCUT2D eigenvalue weighted by molar-refractivity contribution is 5.80. The second-order valence-electron chi connectivity index (χ2n) is 5.35. The van der Waals surface area contributed by atoms with Crippen LogP contribution in [-0.4, -0.2) is 25.2 Å². The molecule has 0 fully saturated rings. The molecule has 0 bridgehead atoms. The van der Waals surface area contributed by atoms with Crippen LogP contribution < -0.4 is 0 Å². The van der Waals surface area contributed by atoms with Crippen LogP contribution >= 0.6 is 0 Å². The summed E-state index contributed by atoms with van der Waals surface area (Å²) in [6.45, 7) is 9.61. The Morgan fingerprint density at radius 2 is 1.75 bits per heavy atom. The summed E-state index contributed by atoms with van der Waals surface area (Å²) in [6.07, 6.45) is 0.246. The number of hydrogen-bond donors (Lipinski definition) is 0. The molecule has 0 amide bonds. The highest BCUT2D eigenvalue weighted by atomic mass is 16.5. The quantitative estimate of drug-likeness (QED) is 0.640. The third-order valence-corrected chi connectivity index (χ3v) is 3.54. The molecule has 0 aromatic heterocycles.